The van der Waals surface area contributed by atoms with Gasteiger partial charge in [-0.15, -0.1) is 0 Å². The van der Waals surface area contributed by atoms with Crippen molar-refractivity contribution >= 4 is 33.5 Å². The maximum atomic E-state index is 12.9. The fraction of sp³-hybridized carbons (Fsp3) is 0.105. The third-order valence-corrected chi connectivity index (χ3v) is 3.96. The molecule has 0 spiro atoms. The van der Waals surface area contributed by atoms with E-state index in [2.05, 4.69) is 36.5 Å². The highest BCUT2D eigenvalue weighted by Crippen LogP contribution is 2.20. The SMILES string of the molecule is O=C(CCNc1nccc(Oc2ccc(F)cc2)n1)Nc1ccc(Br)cc1. The van der Waals surface area contributed by atoms with Gasteiger partial charge in [-0.2, -0.15) is 4.98 Å². The lowest BCUT2D eigenvalue weighted by Gasteiger charge is -2.08. The van der Waals surface area contributed by atoms with E-state index in [9.17, 15) is 9.18 Å². The summed E-state index contributed by atoms with van der Waals surface area (Å²) in [5, 5.41) is 5.78. The number of aromatic nitrogens is 2. The third kappa shape index (κ3) is 6.03. The standard InChI is InChI=1S/C19H16BrFN4O2/c20-13-1-5-15(6-2-13)24-17(26)9-11-22-19-23-12-10-18(25-19)27-16-7-3-14(21)4-8-16/h1-8,10,12H,9,11H2,(H,24,26)(H,22,23,25). The van der Waals surface area contributed by atoms with Crippen molar-refractivity contribution in [2.45, 2.75) is 6.42 Å². The summed E-state index contributed by atoms with van der Waals surface area (Å²) in [5.41, 5.74) is 0.731. The first-order chi connectivity index (χ1) is 13.1. The summed E-state index contributed by atoms with van der Waals surface area (Å²) in [7, 11) is 0. The average Bonchev–Trinajstić information content (AvgIpc) is 2.66. The van der Waals surface area contributed by atoms with Crippen molar-refractivity contribution in [3.05, 3.63) is 71.1 Å². The van der Waals surface area contributed by atoms with Crippen molar-refractivity contribution in [2.75, 3.05) is 17.2 Å². The maximum absolute atomic E-state index is 12.9. The first kappa shape index (κ1) is 18.8. The predicted octanol–water partition coefficient (Wildman–Crippen LogP) is 4.61. The van der Waals surface area contributed by atoms with Crippen molar-refractivity contribution in [1.82, 2.24) is 9.97 Å². The number of hydrogen-bond acceptors (Lipinski definition) is 5. The fourth-order valence-corrected chi connectivity index (χ4v) is 2.42. The molecule has 2 aromatic carbocycles. The number of ether oxygens (including phenoxy) is 1. The Morgan fingerprint density at radius 3 is 2.56 bits per heavy atom. The number of hydrogen-bond donors (Lipinski definition) is 2. The molecule has 138 valence electrons. The Kier molecular flexibility index (Phi) is 6.32. The minimum atomic E-state index is -0.339. The number of anilines is 2. The number of carbonyl (C=O) groups is 1. The summed E-state index contributed by atoms with van der Waals surface area (Å²) in [5.74, 6) is 0.664. The normalized spacial score (nSPS) is 10.3. The molecular weight excluding hydrogens is 415 g/mol. The molecule has 0 saturated heterocycles. The lowest BCUT2D eigenvalue weighted by Crippen LogP contribution is -2.17. The molecule has 0 aliphatic rings. The van der Waals surface area contributed by atoms with E-state index in [1.807, 2.05) is 24.3 Å². The van der Waals surface area contributed by atoms with Gasteiger partial charge in [-0.3, -0.25) is 4.79 Å². The van der Waals surface area contributed by atoms with Crippen LogP contribution in [0.25, 0.3) is 0 Å². The van der Waals surface area contributed by atoms with Gasteiger partial charge in [0.15, 0.2) is 0 Å². The molecule has 8 heteroatoms. The summed E-state index contributed by atoms with van der Waals surface area (Å²) >= 11 is 3.35. The van der Waals surface area contributed by atoms with Gasteiger partial charge < -0.3 is 15.4 Å². The molecule has 0 saturated carbocycles. The van der Waals surface area contributed by atoms with Gasteiger partial charge in [0.05, 0.1) is 0 Å². The van der Waals surface area contributed by atoms with Gasteiger partial charge in [0.25, 0.3) is 0 Å². The number of amides is 1. The van der Waals surface area contributed by atoms with E-state index in [4.69, 9.17) is 4.74 Å². The molecule has 0 atom stereocenters. The van der Waals surface area contributed by atoms with Crippen molar-refractivity contribution in [3.63, 3.8) is 0 Å². The number of nitrogens with zero attached hydrogens (tertiary/aromatic N) is 2. The summed E-state index contributed by atoms with van der Waals surface area (Å²) in [6.07, 6.45) is 1.79. The molecule has 6 nitrogen and oxygen atoms in total. The highest BCUT2D eigenvalue weighted by molar-refractivity contribution is 9.10. The molecule has 0 aliphatic carbocycles. The topological polar surface area (TPSA) is 76.1 Å². The molecule has 1 heterocycles. The Labute approximate surface area is 163 Å². The second kappa shape index (κ2) is 9.09. The molecule has 27 heavy (non-hydrogen) atoms. The van der Waals surface area contributed by atoms with Crippen molar-refractivity contribution < 1.29 is 13.9 Å². The molecule has 1 aromatic heterocycles. The highest BCUT2D eigenvalue weighted by Gasteiger charge is 2.05. The van der Waals surface area contributed by atoms with Crippen LogP contribution in [0.2, 0.25) is 0 Å². The first-order valence-corrected chi connectivity index (χ1v) is 8.93. The van der Waals surface area contributed by atoms with Gasteiger partial charge >= 0.3 is 0 Å². The van der Waals surface area contributed by atoms with Gasteiger partial charge in [-0.05, 0) is 48.5 Å². The van der Waals surface area contributed by atoms with Crippen LogP contribution in [0.15, 0.2) is 65.3 Å². The quantitative estimate of drug-likeness (QED) is 0.572. The van der Waals surface area contributed by atoms with Crippen LogP contribution in [0, 0.1) is 5.82 Å². The monoisotopic (exact) mass is 430 g/mol. The van der Waals surface area contributed by atoms with E-state index in [1.165, 1.54) is 30.5 Å². The van der Waals surface area contributed by atoms with E-state index in [1.54, 1.807) is 6.07 Å². The van der Waals surface area contributed by atoms with Gasteiger partial charge in [0, 0.05) is 35.4 Å². The van der Waals surface area contributed by atoms with E-state index < -0.39 is 0 Å². The van der Waals surface area contributed by atoms with Crippen molar-refractivity contribution in [1.29, 1.82) is 0 Å². The van der Waals surface area contributed by atoms with Crippen molar-refractivity contribution in [3.8, 4) is 11.6 Å². The molecule has 0 fully saturated rings. The van der Waals surface area contributed by atoms with Crippen LogP contribution in [-0.2, 0) is 4.79 Å². The lowest BCUT2D eigenvalue weighted by molar-refractivity contribution is -0.115. The van der Waals surface area contributed by atoms with Crippen LogP contribution in [0.5, 0.6) is 11.6 Å². The van der Waals surface area contributed by atoms with E-state index in [-0.39, 0.29) is 18.1 Å². The molecule has 0 radical (unpaired) electrons. The van der Waals surface area contributed by atoms with Crippen molar-refractivity contribution in [2.24, 2.45) is 0 Å². The molecule has 3 rings (SSSR count). The Morgan fingerprint density at radius 1 is 1.07 bits per heavy atom. The fourth-order valence-electron chi connectivity index (χ4n) is 2.15. The Bertz CT molecular complexity index is 904. The predicted molar refractivity (Wildman–Crippen MR) is 104 cm³/mol. The van der Waals surface area contributed by atoms with E-state index in [0.29, 0.717) is 24.1 Å². The summed E-state index contributed by atoms with van der Waals surface area (Å²) < 4.78 is 19.4. The van der Waals surface area contributed by atoms with Crippen LogP contribution >= 0.6 is 15.9 Å². The molecular formula is C19H16BrFN4O2. The number of nitrogens with one attached hydrogen (secondary N) is 2. The minimum absolute atomic E-state index is 0.122. The zero-order valence-electron chi connectivity index (χ0n) is 14.2. The van der Waals surface area contributed by atoms with Crippen LogP contribution in [-0.4, -0.2) is 22.4 Å². The molecule has 0 bridgehead atoms. The Morgan fingerprint density at radius 2 is 1.81 bits per heavy atom. The largest absolute Gasteiger partial charge is 0.439 e. The molecule has 2 N–H and O–H groups in total. The van der Waals surface area contributed by atoms with Gasteiger partial charge in [0.1, 0.15) is 11.6 Å². The van der Waals surface area contributed by atoms with Crippen LogP contribution < -0.4 is 15.4 Å². The second-order valence-electron chi connectivity index (χ2n) is 5.51. The van der Waals surface area contributed by atoms with E-state index >= 15 is 0 Å². The number of halogens is 2. The van der Waals surface area contributed by atoms with Crippen LogP contribution in [0.1, 0.15) is 6.42 Å². The maximum Gasteiger partial charge on any atom is 0.226 e. The smallest absolute Gasteiger partial charge is 0.226 e. The van der Waals surface area contributed by atoms with Gasteiger partial charge in [-0.1, -0.05) is 15.9 Å². The molecule has 0 unspecified atom stereocenters. The average molecular weight is 431 g/mol. The molecule has 1 amide bonds. The highest BCUT2D eigenvalue weighted by atomic mass is 79.9. The second-order valence-corrected chi connectivity index (χ2v) is 6.42. The van der Waals surface area contributed by atoms with Crippen LogP contribution in [0.4, 0.5) is 16.0 Å². The zero-order valence-corrected chi connectivity index (χ0v) is 15.7. The third-order valence-electron chi connectivity index (χ3n) is 3.43. The summed E-state index contributed by atoms with van der Waals surface area (Å²) in [6.45, 7) is 0.363. The number of carbonyl (C=O) groups excluding carboxylic acids is 1. The van der Waals surface area contributed by atoms with Crippen LogP contribution in [0.3, 0.4) is 0 Å². The first-order valence-electron chi connectivity index (χ1n) is 8.14. The Hall–Kier alpha value is -3.00. The number of benzene rings is 2. The lowest BCUT2D eigenvalue weighted by atomic mass is 10.3. The minimum Gasteiger partial charge on any atom is -0.439 e. The molecule has 3 aromatic rings. The number of rotatable bonds is 7. The zero-order chi connectivity index (χ0) is 19.1. The summed E-state index contributed by atoms with van der Waals surface area (Å²) in [4.78, 5) is 20.3. The summed E-state index contributed by atoms with van der Waals surface area (Å²) in [6, 6.07) is 14.6. The Balaban J connectivity index is 1.48. The van der Waals surface area contributed by atoms with Gasteiger partial charge in [0.2, 0.25) is 17.7 Å². The molecule has 0 aliphatic heterocycles. The van der Waals surface area contributed by atoms with Gasteiger partial charge in [-0.25, -0.2) is 9.37 Å². The van der Waals surface area contributed by atoms with E-state index in [0.717, 1.165) is 10.2 Å².